The number of rotatable bonds is 5. The molecule has 3 aromatic rings. The number of pyridine rings is 1. The van der Waals surface area contributed by atoms with E-state index < -0.39 is 18.5 Å². The van der Waals surface area contributed by atoms with Crippen LogP contribution in [0.1, 0.15) is 46.8 Å². The highest BCUT2D eigenvalue weighted by Gasteiger charge is 2.43. The molecule has 9 heteroatoms. The second kappa shape index (κ2) is 10.7. The summed E-state index contributed by atoms with van der Waals surface area (Å²) in [5.41, 5.74) is 3.65. The lowest BCUT2D eigenvalue weighted by atomic mass is 9.77. The van der Waals surface area contributed by atoms with E-state index >= 15 is 0 Å². The van der Waals surface area contributed by atoms with Gasteiger partial charge in [0, 0.05) is 28.2 Å². The molecular weight excluding hydrogens is 513 g/mol. The molecule has 0 saturated heterocycles. The molecule has 1 fully saturated rings. The average molecular weight is 536 g/mol. The minimum absolute atomic E-state index is 0.00711. The van der Waals surface area contributed by atoms with Gasteiger partial charge in [-0.25, -0.2) is 9.80 Å². The number of halogens is 2. The maximum atomic E-state index is 13.4. The monoisotopic (exact) mass is 535 g/mol. The number of benzene rings is 2. The number of aromatic nitrogens is 1. The van der Waals surface area contributed by atoms with Crippen LogP contribution >= 0.6 is 23.2 Å². The molecule has 2 atom stereocenters. The normalized spacial score (nSPS) is 19.9. The molecule has 1 aliphatic heterocycles. The Morgan fingerprint density at radius 1 is 1.03 bits per heavy atom. The van der Waals surface area contributed by atoms with Gasteiger partial charge in [0.05, 0.1) is 17.3 Å². The highest BCUT2D eigenvalue weighted by atomic mass is 35.5. The largest absolute Gasteiger partial charge is 0.452 e. The van der Waals surface area contributed by atoms with Crippen LogP contribution in [0.5, 0.6) is 0 Å². The lowest BCUT2D eigenvalue weighted by Crippen LogP contribution is -2.34. The molecule has 1 aliphatic carbocycles. The minimum Gasteiger partial charge on any atom is -0.452 e. The molecule has 0 radical (unpaired) electrons. The first-order valence-electron chi connectivity index (χ1n) is 11.9. The minimum atomic E-state index is -0.708. The van der Waals surface area contributed by atoms with Gasteiger partial charge >= 0.3 is 5.97 Å². The molecule has 5 rings (SSSR count). The predicted octanol–water partition coefficient (Wildman–Crippen LogP) is 5.66. The first-order valence-corrected chi connectivity index (χ1v) is 12.6. The average Bonchev–Trinajstić information content (AvgIpc) is 3.30. The maximum Gasteiger partial charge on any atom is 0.340 e. The van der Waals surface area contributed by atoms with Crippen LogP contribution in [0.15, 0.2) is 82.3 Å². The van der Waals surface area contributed by atoms with Crippen molar-refractivity contribution in [2.45, 2.75) is 25.3 Å². The quantitative estimate of drug-likeness (QED) is 0.426. The number of allylic oxidation sites excluding steroid dienone is 1. The third-order valence-electron chi connectivity index (χ3n) is 6.53. The number of nitrogens with one attached hydrogen (secondary N) is 1. The molecule has 0 bridgehead atoms. The molecule has 1 amide bonds. The van der Waals surface area contributed by atoms with Gasteiger partial charge in [0.1, 0.15) is 0 Å². The van der Waals surface area contributed by atoms with Gasteiger partial charge in [-0.3, -0.25) is 9.59 Å². The predicted molar refractivity (Wildman–Crippen MR) is 143 cm³/mol. The fraction of sp³-hybridized carbons (Fsp3) is 0.214. The Kier molecular flexibility index (Phi) is 7.26. The molecule has 0 spiro atoms. The second-order valence-corrected chi connectivity index (χ2v) is 9.83. The second-order valence-electron chi connectivity index (χ2n) is 8.96. The number of fused-ring (bicyclic) bond motifs is 1. The number of esters is 1. The molecule has 2 aromatic carbocycles. The Balaban J connectivity index is 1.43. The molecule has 1 saturated carbocycles. The van der Waals surface area contributed by atoms with E-state index in [1.165, 1.54) is 23.3 Å². The van der Waals surface area contributed by atoms with E-state index in [1.807, 2.05) is 36.4 Å². The Labute approximate surface area is 223 Å². The van der Waals surface area contributed by atoms with E-state index in [0.717, 1.165) is 41.7 Å². The summed E-state index contributed by atoms with van der Waals surface area (Å²) in [4.78, 5) is 39.4. The Hall–Kier alpha value is -3.68. The van der Waals surface area contributed by atoms with E-state index in [-0.39, 0.29) is 23.1 Å². The summed E-state index contributed by atoms with van der Waals surface area (Å²) in [5, 5.41) is 7.48. The summed E-state index contributed by atoms with van der Waals surface area (Å²) >= 11 is 12.2. The van der Waals surface area contributed by atoms with E-state index in [2.05, 4.69) is 11.1 Å². The fourth-order valence-corrected chi connectivity index (χ4v) is 5.03. The van der Waals surface area contributed by atoms with Gasteiger partial charge in [0.15, 0.2) is 6.61 Å². The number of nitrogens with zero attached hydrogens (tertiary/aromatic N) is 2. The van der Waals surface area contributed by atoms with Crippen LogP contribution in [0.2, 0.25) is 10.0 Å². The first kappa shape index (κ1) is 25.0. The number of amides is 1. The van der Waals surface area contributed by atoms with Gasteiger partial charge < -0.3 is 9.72 Å². The molecule has 1 aromatic heterocycles. The summed E-state index contributed by atoms with van der Waals surface area (Å²) < 4.78 is 5.26. The summed E-state index contributed by atoms with van der Waals surface area (Å²) in [5.74, 6) is -1.15. The molecular formula is C28H23Cl2N3O4. The third kappa shape index (κ3) is 5.53. The molecule has 2 unspecified atom stereocenters. The van der Waals surface area contributed by atoms with Gasteiger partial charge in [-0.2, -0.15) is 5.10 Å². The fourth-order valence-electron chi connectivity index (χ4n) is 4.77. The van der Waals surface area contributed by atoms with Crippen LogP contribution in [0, 0.1) is 5.92 Å². The van der Waals surface area contributed by atoms with Crippen molar-refractivity contribution in [3.63, 3.8) is 0 Å². The third-order valence-corrected chi connectivity index (χ3v) is 7.03. The SMILES string of the molecule is O=C(OCC(=O)N1N=C2C(=Cc3ccc(Cl)cc3)CCCC2C1c1ccc(Cl)cc1)c1ccc(=O)[nH]c1. The zero-order valence-corrected chi connectivity index (χ0v) is 21.2. The lowest BCUT2D eigenvalue weighted by Gasteiger charge is -2.29. The van der Waals surface area contributed by atoms with Crippen LogP contribution < -0.4 is 5.56 Å². The Morgan fingerprint density at radius 2 is 1.73 bits per heavy atom. The van der Waals surface area contributed by atoms with Crippen molar-refractivity contribution in [2.24, 2.45) is 11.0 Å². The zero-order chi connectivity index (χ0) is 25.9. The van der Waals surface area contributed by atoms with Gasteiger partial charge in [0.2, 0.25) is 5.56 Å². The van der Waals surface area contributed by atoms with Crippen molar-refractivity contribution in [3.05, 3.63) is 110 Å². The van der Waals surface area contributed by atoms with Crippen LogP contribution in [0.25, 0.3) is 6.08 Å². The van der Waals surface area contributed by atoms with Crippen molar-refractivity contribution < 1.29 is 14.3 Å². The van der Waals surface area contributed by atoms with Crippen molar-refractivity contribution in [3.8, 4) is 0 Å². The van der Waals surface area contributed by atoms with Crippen molar-refractivity contribution >= 4 is 46.9 Å². The zero-order valence-electron chi connectivity index (χ0n) is 19.7. The molecule has 2 aliphatic rings. The van der Waals surface area contributed by atoms with E-state index in [0.29, 0.717) is 10.0 Å². The highest BCUT2D eigenvalue weighted by Crippen LogP contribution is 2.44. The molecule has 1 N–H and O–H groups in total. The number of carbonyl (C=O) groups is 2. The number of ether oxygens (including phenoxy) is 1. The van der Waals surface area contributed by atoms with Gasteiger partial charge in [0.25, 0.3) is 5.91 Å². The number of aromatic amines is 1. The number of carbonyl (C=O) groups excluding carboxylic acids is 2. The van der Waals surface area contributed by atoms with Crippen LogP contribution in [0.4, 0.5) is 0 Å². The van der Waals surface area contributed by atoms with Gasteiger partial charge in [-0.05, 0) is 72.4 Å². The smallest absolute Gasteiger partial charge is 0.340 e. The first-order chi connectivity index (χ1) is 17.9. The van der Waals surface area contributed by atoms with Crippen molar-refractivity contribution in [2.75, 3.05) is 6.61 Å². The number of hydrogen-bond donors (Lipinski definition) is 1. The van der Waals surface area contributed by atoms with Crippen LogP contribution in [-0.4, -0.2) is 34.2 Å². The Bertz CT molecular complexity index is 1430. The number of hydrazone groups is 1. The number of hydrogen-bond acceptors (Lipinski definition) is 5. The molecule has 37 heavy (non-hydrogen) atoms. The van der Waals surface area contributed by atoms with Crippen molar-refractivity contribution in [1.29, 1.82) is 0 Å². The van der Waals surface area contributed by atoms with E-state index in [4.69, 9.17) is 33.0 Å². The molecule has 7 nitrogen and oxygen atoms in total. The lowest BCUT2D eigenvalue weighted by molar-refractivity contribution is -0.137. The van der Waals surface area contributed by atoms with E-state index in [9.17, 15) is 14.4 Å². The van der Waals surface area contributed by atoms with Gasteiger partial charge in [-0.1, -0.05) is 47.5 Å². The van der Waals surface area contributed by atoms with Crippen LogP contribution in [-0.2, 0) is 9.53 Å². The number of H-pyrrole nitrogens is 1. The summed E-state index contributed by atoms with van der Waals surface area (Å²) in [6.07, 6.45) is 6.00. The van der Waals surface area contributed by atoms with Crippen LogP contribution in [0.3, 0.4) is 0 Å². The molecule has 2 heterocycles. The maximum absolute atomic E-state index is 13.4. The topological polar surface area (TPSA) is 91.8 Å². The van der Waals surface area contributed by atoms with E-state index in [1.54, 1.807) is 12.1 Å². The summed E-state index contributed by atoms with van der Waals surface area (Å²) in [6, 6.07) is 17.2. The Morgan fingerprint density at radius 3 is 2.41 bits per heavy atom. The summed E-state index contributed by atoms with van der Waals surface area (Å²) in [7, 11) is 0. The van der Waals surface area contributed by atoms with Gasteiger partial charge in [-0.15, -0.1) is 0 Å². The highest BCUT2D eigenvalue weighted by molar-refractivity contribution is 6.30. The van der Waals surface area contributed by atoms with Crippen molar-refractivity contribution in [1.82, 2.24) is 9.99 Å². The standard InChI is InChI=1S/C28H23Cl2N3O4/c29-21-9-4-17(5-10-21)14-19-2-1-3-23-26(19)32-33(27(23)18-6-11-22(30)12-7-18)25(35)16-37-28(36)20-8-13-24(34)31-15-20/h4-15,23,27H,1-3,16H2,(H,31,34). The summed E-state index contributed by atoms with van der Waals surface area (Å²) in [6.45, 7) is -0.484. The molecule has 188 valence electrons.